The largest absolute Gasteiger partial charge is 0.313 e. The van der Waals surface area contributed by atoms with Gasteiger partial charge in [-0.05, 0) is 25.0 Å². The number of rotatable bonds is 0. The third-order valence-corrected chi connectivity index (χ3v) is 1.67. The lowest BCUT2D eigenvalue weighted by Crippen LogP contribution is -2.14. The molecule has 1 aliphatic rings. The Kier molecular flexibility index (Phi) is 2.06. The van der Waals surface area contributed by atoms with E-state index >= 15 is 0 Å². The van der Waals surface area contributed by atoms with Gasteiger partial charge < -0.3 is 5.32 Å². The fourth-order valence-corrected chi connectivity index (χ4v) is 0.968. The summed E-state index contributed by atoms with van der Waals surface area (Å²) >= 11 is 0. The summed E-state index contributed by atoms with van der Waals surface area (Å²) < 4.78 is 0. The Hall–Kier alpha value is -0.560. The molecule has 1 fully saturated rings. The Balaban J connectivity index is 2.51. The summed E-state index contributed by atoms with van der Waals surface area (Å²) in [5, 5.41) is 3.27. The zero-order valence-corrected chi connectivity index (χ0v) is 5.74. The van der Waals surface area contributed by atoms with Crippen molar-refractivity contribution < 1.29 is 0 Å². The predicted octanol–water partition coefficient (Wildman–Crippen LogP) is 1.48. The lowest BCUT2D eigenvalue weighted by atomic mass is 10.1. The van der Waals surface area contributed by atoms with Crippen LogP contribution in [0.5, 0.6) is 0 Å². The van der Waals surface area contributed by atoms with Gasteiger partial charge in [0, 0.05) is 6.54 Å². The lowest BCUT2D eigenvalue weighted by molar-refractivity contribution is 0.723. The first-order valence-corrected chi connectivity index (χ1v) is 3.37. The van der Waals surface area contributed by atoms with Crippen molar-refractivity contribution in [2.24, 2.45) is 0 Å². The Bertz CT molecular complexity index is 120. The highest BCUT2D eigenvalue weighted by Crippen LogP contribution is 2.13. The average Bonchev–Trinajstić information content (AvgIpc) is 1.99. The Labute approximate surface area is 56.5 Å². The molecule has 0 aromatic heterocycles. The summed E-state index contributed by atoms with van der Waals surface area (Å²) in [6.07, 6.45) is 2.32. The maximum atomic E-state index is 3.92. The molecule has 1 aliphatic heterocycles. The van der Waals surface area contributed by atoms with Crippen LogP contribution in [-0.4, -0.2) is 13.1 Å². The molecule has 0 saturated carbocycles. The van der Waals surface area contributed by atoms with Gasteiger partial charge in [0.25, 0.3) is 0 Å². The van der Waals surface area contributed by atoms with E-state index in [0.717, 1.165) is 19.5 Å². The van der Waals surface area contributed by atoms with E-state index in [4.69, 9.17) is 0 Å². The molecule has 0 radical (unpaired) electrons. The van der Waals surface area contributed by atoms with Gasteiger partial charge in [-0.2, -0.15) is 0 Å². The van der Waals surface area contributed by atoms with E-state index in [1.807, 2.05) is 0 Å². The minimum Gasteiger partial charge on any atom is -0.313 e. The molecule has 0 spiro atoms. The minimum atomic E-state index is 0.929. The van der Waals surface area contributed by atoms with Crippen molar-refractivity contribution in [3.8, 4) is 0 Å². The van der Waals surface area contributed by atoms with Gasteiger partial charge in [0.05, 0.1) is 0 Å². The summed E-state index contributed by atoms with van der Waals surface area (Å²) in [7, 11) is 0. The minimum absolute atomic E-state index is 0.929. The second kappa shape index (κ2) is 2.83. The normalized spacial score (nSPS) is 21.8. The topological polar surface area (TPSA) is 12.0 Å². The van der Waals surface area contributed by atoms with Crippen molar-refractivity contribution in [1.82, 2.24) is 5.32 Å². The van der Waals surface area contributed by atoms with Crippen molar-refractivity contribution in [1.29, 1.82) is 0 Å². The number of hydrogen-bond donors (Lipinski definition) is 1. The van der Waals surface area contributed by atoms with Crippen molar-refractivity contribution in [3.05, 3.63) is 24.3 Å². The molecule has 50 valence electrons. The van der Waals surface area contributed by atoms with E-state index in [1.54, 1.807) is 0 Å². The molecule has 1 saturated heterocycles. The maximum absolute atomic E-state index is 3.92. The molecule has 0 unspecified atom stereocenters. The van der Waals surface area contributed by atoms with Gasteiger partial charge in [-0.25, -0.2) is 0 Å². The quantitative estimate of drug-likeness (QED) is 0.514. The first kappa shape index (κ1) is 6.56. The molecule has 1 rings (SSSR count). The highest BCUT2D eigenvalue weighted by atomic mass is 14.9. The second-order valence-electron chi connectivity index (χ2n) is 2.49. The molecular formula is C8H13N. The van der Waals surface area contributed by atoms with Crippen LogP contribution in [0.1, 0.15) is 12.8 Å². The molecule has 0 amide bonds. The highest BCUT2D eigenvalue weighted by Gasteiger charge is 2.03. The van der Waals surface area contributed by atoms with Crippen LogP contribution in [0.3, 0.4) is 0 Å². The van der Waals surface area contributed by atoms with Gasteiger partial charge in [-0.3, -0.25) is 0 Å². The Morgan fingerprint density at radius 1 is 1.22 bits per heavy atom. The van der Waals surface area contributed by atoms with Crippen molar-refractivity contribution >= 4 is 0 Å². The number of hydrogen-bond acceptors (Lipinski definition) is 1. The first-order valence-electron chi connectivity index (χ1n) is 3.37. The standard InChI is InChI=1S/C8H13N/c1-7-4-3-5-9-6-8(7)2/h9H,1-6H2. The molecule has 0 aromatic carbocycles. The fourth-order valence-electron chi connectivity index (χ4n) is 0.968. The molecule has 9 heavy (non-hydrogen) atoms. The molecule has 0 atom stereocenters. The van der Waals surface area contributed by atoms with Gasteiger partial charge in [0.15, 0.2) is 0 Å². The van der Waals surface area contributed by atoms with Crippen molar-refractivity contribution in [3.63, 3.8) is 0 Å². The zero-order chi connectivity index (χ0) is 6.69. The molecule has 0 bridgehead atoms. The number of nitrogens with one attached hydrogen (secondary N) is 1. The zero-order valence-electron chi connectivity index (χ0n) is 5.74. The van der Waals surface area contributed by atoms with Crippen molar-refractivity contribution in [2.75, 3.05) is 13.1 Å². The first-order chi connectivity index (χ1) is 4.30. The maximum Gasteiger partial charge on any atom is 0.0202 e. The Morgan fingerprint density at radius 2 is 2.00 bits per heavy atom. The summed E-state index contributed by atoms with van der Waals surface area (Å²) in [6.45, 7) is 9.85. The summed E-state index contributed by atoms with van der Waals surface area (Å²) in [5.41, 5.74) is 2.40. The van der Waals surface area contributed by atoms with Crippen LogP contribution >= 0.6 is 0 Å². The third kappa shape index (κ3) is 1.68. The van der Waals surface area contributed by atoms with Crippen LogP contribution in [0, 0.1) is 0 Å². The van der Waals surface area contributed by atoms with E-state index in [1.165, 1.54) is 17.6 Å². The lowest BCUT2D eigenvalue weighted by Gasteiger charge is -2.00. The van der Waals surface area contributed by atoms with Crippen LogP contribution in [0.25, 0.3) is 0 Å². The van der Waals surface area contributed by atoms with Gasteiger partial charge in [-0.15, -0.1) is 0 Å². The van der Waals surface area contributed by atoms with Gasteiger partial charge in [-0.1, -0.05) is 18.7 Å². The van der Waals surface area contributed by atoms with E-state index in [-0.39, 0.29) is 0 Å². The smallest absolute Gasteiger partial charge is 0.0202 e. The summed E-state index contributed by atoms with van der Waals surface area (Å²) in [5.74, 6) is 0. The Morgan fingerprint density at radius 3 is 2.78 bits per heavy atom. The molecule has 1 heterocycles. The van der Waals surface area contributed by atoms with E-state index < -0.39 is 0 Å². The van der Waals surface area contributed by atoms with Crippen LogP contribution in [-0.2, 0) is 0 Å². The van der Waals surface area contributed by atoms with Gasteiger partial charge in [0.2, 0.25) is 0 Å². The van der Waals surface area contributed by atoms with Crippen LogP contribution in [0.15, 0.2) is 24.3 Å². The summed E-state index contributed by atoms with van der Waals surface area (Å²) in [4.78, 5) is 0. The van der Waals surface area contributed by atoms with E-state index in [0.29, 0.717) is 0 Å². The van der Waals surface area contributed by atoms with Gasteiger partial charge >= 0.3 is 0 Å². The van der Waals surface area contributed by atoms with Gasteiger partial charge in [0.1, 0.15) is 0 Å². The van der Waals surface area contributed by atoms with Crippen LogP contribution in [0.4, 0.5) is 0 Å². The molecule has 1 nitrogen and oxygen atoms in total. The fraction of sp³-hybridized carbons (Fsp3) is 0.500. The van der Waals surface area contributed by atoms with E-state index in [2.05, 4.69) is 18.5 Å². The predicted molar refractivity (Wildman–Crippen MR) is 40.4 cm³/mol. The van der Waals surface area contributed by atoms with Crippen LogP contribution < -0.4 is 5.32 Å². The molecular weight excluding hydrogens is 110 g/mol. The summed E-state index contributed by atoms with van der Waals surface area (Å²) in [6, 6.07) is 0. The highest BCUT2D eigenvalue weighted by molar-refractivity contribution is 5.27. The van der Waals surface area contributed by atoms with Crippen LogP contribution in [0.2, 0.25) is 0 Å². The average molecular weight is 123 g/mol. The van der Waals surface area contributed by atoms with Crippen molar-refractivity contribution in [2.45, 2.75) is 12.8 Å². The SMILES string of the molecule is C=C1CCCNCC1=C. The molecule has 1 N–H and O–H groups in total. The molecule has 1 heteroatoms. The van der Waals surface area contributed by atoms with E-state index in [9.17, 15) is 0 Å². The molecule has 0 aliphatic carbocycles. The third-order valence-electron chi connectivity index (χ3n) is 1.67. The monoisotopic (exact) mass is 123 g/mol. The second-order valence-corrected chi connectivity index (χ2v) is 2.49. The molecule has 0 aromatic rings.